The summed E-state index contributed by atoms with van der Waals surface area (Å²) < 4.78 is 25.9. The summed E-state index contributed by atoms with van der Waals surface area (Å²) in [6, 6.07) is 10.5. The van der Waals surface area contributed by atoms with Crippen LogP contribution >= 0.6 is 0 Å². The second kappa shape index (κ2) is 8.06. The highest BCUT2D eigenvalue weighted by atomic mass is 16.5. The molecule has 2 aromatic heterocycles. The average Bonchev–Trinajstić information content (AvgIpc) is 3.35. The van der Waals surface area contributed by atoms with Gasteiger partial charge in [-0.1, -0.05) is 11.2 Å². The number of aromatic nitrogens is 1. The van der Waals surface area contributed by atoms with Gasteiger partial charge in [-0.2, -0.15) is 0 Å². The summed E-state index contributed by atoms with van der Waals surface area (Å²) in [6.45, 7) is -0.000679. The van der Waals surface area contributed by atoms with Crippen LogP contribution in [0.15, 0.2) is 57.7 Å². The highest BCUT2D eigenvalue weighted by Crippen LogP contribution is 2.28. The van der Waals surface area contributed by atoms with Crippen molar-refractivity contribution >= 4 is 12.0 Å². The number of esters is 1. The smallest absolute Gasteiger partial charge is 0.331 e. The second-order valence-corrected chi connectivity index (χ2v) is 5.22. The summed E-state index contributed by atoms with van der Waals surface area (Å²) in [4.78, 5) is 11.9. The summed E-state index contributed by atoms with van der Waals surface area (Å²) in [5.74, 6) is 1.73. The largest absolute Gasteiger partial charge is 0.493 e. The van der Waals surface area contributed by atoms with Crippen molar-refractivity contribution in [1.29, 1.82) is 0 Å². The van der Waals surface area contributed by atoms with Crippen LogP contribution < -0.4 is 9.47 Å². The Morgan fingerprint density at radius 3 is 2.69 bits per heavy atom. The molecule has 0 aliphatic rings. The SMILES string of the molecule is COc1ccc(/C=C\C(=O)OCc2cc(-c3ccco3)on2)cc1OC. The van der Waals surface area contributed by atoms with Gasteiger partial charge in [-0.25, -0.2) is 4.79 Å². The number of carbonyl (C=O) groups excluding carboxylic acids is 1. The maximum absolute atomic E-state index is 11.9. The fourth-order valence-electron chi connectivity index (χ4n) is 2.23. The number of rotatable bonds is 7. The van der Waals surface area contributed by atoms with E-state index in [2.05, 4.69) is 5.16 Å². The van der Waals surface area contributed by atoms with E-state index in [4.69, 9.17) is 23.2 Å². The molecule has 134 valence electrons. The van der Waals surface area contributed by atoms with Crippen LogP contribution in [0, 0.1) is 0 Å². The number of benzene rings is 1. The van der Waals surface area contributed by atoms with Gasteiger partial charge in [-0.05, 0) is 35.9 Å². The predicted octanol–water partition coefficient (Wildman–Crippen LogP) is 3.71. The van der Waals surface area contributed by atoms with Crippen molar-refractivity contribution in [3.63, 3.8) is 0 Å². The first-order valence-corrected chi connectivity index (χ1v) is 7.76. The van der Waals surface area contributed by atoms with Gasteiger partial charge < -0.3 is 23.2 Å². The molecule has 2 heterocycles. The lowest BCUT2D eigenvalue weighted by Gasteiger charge is -2.07. The number of ether oxygens (including phenoxy) is 3. The molecule has 3 aromatic rings. The van der Waals surface area contributed by atoms with Crippen LogP contribution in [0.25, 0.3) is 17.6 Å². The van der Waals surface area contributed by atoms with Crippen LogP contribution in [-0.2, 0) is 16.1 Å². The highest BCUT2D eigenvalue weighted by molar-refractivity contribution is 5.87. The van der Waals surface area contributed by atoms with E-state index >= 15 is 0 Å². The van der Waals surface area contributed by atoms with E-state index in [1.807, 2.05) is 0 Å². The summed E-state index contributed by atoms with van der Waals surface area (Å²) in [7, 11) is 3.11. The standard InChI is InChI=1S/C19H17NO6/c1-22-15-7-5-13(10-17(15)23-2)6-8-19(21)25-12-14-11-18(26-20-14)16-4-3-9-24-16/h3-11H,12H2,1-2H3/b8-6-. The Morgan fingerprint density at radius 2 is 1.96 bits per heavy atom. The molecule has 0 radical (unpaired) electrons. The van der Waals surface area contributed by atoms with Crippen LogP contribution in [0.3, 0.4) is 0 Å². The number of furan rings is 1. The van der Waals surface area contributed by atoms with Crippen molar-refractivity contribution in [2.24, 2.45) is 0 Å². The van der Waals surface area contributed by atoms with Gasteiger partial charge in [0.15, 0.2) is 17.3 Å². The topological polar surface area (TPSA) is 83.9 Å². The zero-order valence-corrected chi connectivity index (χ0v) is 14.3. The van der Waals surface area contributed by atoms with Crippen LogP contribution in [0.4, 0.5) is 0 Å². The Morgan fingerprint density at radius 1 is 1.12 bits per heavy atom. The molecular weight excluding hydrogens is 338 g/mol. The van der Waals surface area contributed by atoms with Crippen LogP contribution in [0.5, 0.6) is 11.5 Å². The Balaban J connectivity index is 1.56. The quantitative estimate of drug-likeness (QED) is 0.472. The van der Waals surface area contributed by atoms with E-state index in [1.54, 1.807) is 56.7 Å². The van der Waals surface area contributed by atoms with Gasteiger partial charge >= 0.3 is 5.97 Å². The molecule has 0 spiro atoms. The summed E-state index contributed by atoms with van der Waals surface area (Å²) >= 11 is 0. The summed E-state index contributed by atoms with van der Waals surface area (Å²) in [5, 5.41) is 3.84. The van der Waals surface area contributed by atoms with E-state index in [1.165, 1.54) is 12.3 Å². The first-order chi connectivity index (χ1) is 12.7. The summed E-state index contributed by atoms with van der Waals surface area (Å²) in [5.41, 5.74) is 1.27. The highest BCUT2D eigenvalue weighted by Gasteiger charge is 2.10. The molecule has 0 atom stereocenters. The van der Waals surface area contributed by atoms with Gasteiger partial charge in [-0.3, -0.25) is 0 Å². The fourth-order valence-corrected chi connectivity index (χ4v) is 2.23. The van der Waals surface area contributed by atoms with Gasteiger partial charge in [0.25, 0.3) is 0 Å². The normalized spacial score (nSPS) is 10.8. The molecular formula is C19H17NO6. The first kappa shape index (κ1) is 17.3. The molecule has 0 saturated heterocycles. The lowest BCUT2D eigenvalue weighted by Crippen LogP contribution is -2.00. The van der Waals surface area contributed by atoms with Crippen molar-refractivity contribution in [2.75, 3.05) is 14.2 Å². The molecule has 0 N–H and O–H groups in total. The maximum atomic E-state index is 11.9. The lowest BCUT2D eigenvalue weighted by atomic mass is 10.2. The molecule has 0 bridgehead atoms. The van der Waals surface area contributed by atoms with Gasteiger partial charge in [-0.15, -0.1) is 0 Å². The Bertz CT molecular complexity index is 895. The van der Waals surface area contributed by atoms with E-state index in [9.17, 15) is 4.79 Å². The third kappa shape index (κ3) is 4.13. The van der Waals surface area contributed by atoms with Gasteiger partial charge in [0.1, 0.15) is 12.3 Å². The zero-order valence-electron chi connectivity index (χ0n) is 14.3. The van der Waals surface area contributed by atoms with Crippen molar-refractivity contribution in [2.45, 2.75) is 6.61 Å². The molecule has 0 saturated carbocycles. The molecule has 7 heteroatoms. The summed E-state index contributed by atoms with van der Waals surface area (Å²) in [6.07, 6.45) is 4.49. The first-order valence-electron chi connectivity index (χ1n) is 7.76. The molecule has 7 nitrogen and oxygen atoms in total. The predicted molar refractivity (Wildman–Crippen MR) is 92.6 cm³/mol. The third-order valence-electron chi connectivity index (χ3n) is 3.50. The van der Waals surface area contributed by atoms with E-state index in [0.717, 1.165) is 5.56 Å². The van der Waals surface area contributed by atoms with Gasteiger partial charge in [0.05, 0.1) is 20.5 Å². The number of nitrogens with zero attached hydrogens (tertiary/aromatic N) is 1. The van der Waals surface area contributed by atoms with E-state index < -0.39 is 5.97 Å². The molecule has 0 aliphatic heterocycles. The van der Waals surface area contributed by atoms with Crippen LogP contribution in [-0.4, -0.2) is 25.3 Å². The van der Waals surface area contributed by atoms with Crippen molar-refractivity contribution < 1.29 is 27.9 Å². The Kier molecular flexibility index (Phi) is 5.38. The molecule has 0 amide bonds. The van der Waals surface area contributed by atoms with Crippen LogP contribution in [0.1, 0.15) is 11.3 Å². The number of hydrogen-bond acceptors (Lipinski definition) is 7. The number of hydrogen-bond donors (Lipinski definition) is 0. The maximum Gasteiger partial charge on any atom is 0.331 e. The fraction of sp³-hybridized carbons (Fsp3) is 0.158. The van der Waals surface area contributed by atoms with Crippen molar-refractivity contribution in [3.8, 4) is 23.0 Å². The molecule has 3 rings (SSSR count). The lowest BCUT2D eigenvalue weighted by molar-refractivity contribution is -0.139. The monoisotopic (exact) mass is 355 g/mol. The molecule has 1 aromatic carbocycles. The molecule has 0 fully saturated rings. The average molecular weight is 355 g/mol. The molecule has 0 unspecified atom stereocenters. The van der Waals surface area contributed by atoms with E-state index in [-0.39, 0.29) is 6.61 Å². The zero-order chi connectivity index (χ0) is 18.4. The Labute approximate surface area is 149 Å². The number of carbonyl (C=O) groups is 1. The second-order valence-electron chi connectivity index (χ2n) is 5.22. The van der Waals surface area contributed by atoms with Crippen molar-refractivity contribution in [1.82, 2.24) is 5.16 Å². The minimum absolute atomic E-state index is 0.000679. The minimum Gasteiger partial charge on any atom is -0.493 e. The van der Waals surface area contributed by atoms with E-state index in [0.29, 0.717) is 28.7 Å². The van der Waals surface area contributed by atoms with Crippen molar-refractivity contribution in [3.05, 3.63) is 60.0 Å². The van der Waals surface area contributed by atoms with Gasteiger partial charge in [0.2, 0.25) is 5.76 Å². The number of methoxy groups -OCH3 is 2. The van der Waals surface area contributed by atoms with Crippen LogP contribution in [0.2, 0.25) is 0 Å². The third-order valence-corrected chi connectivity index (χ3v) is 3.50. The molecule has 0 aliphatic carbocycles. The van der Waals surface area contributed by atoms with Gasteiger partial charge in [0, 0.05) is 12.1 Å². The Hall–Kier alpha value is -3.48. The molecule has 26 heavy (non-hydrogen) atoms. The minimum atomic E-state index is -0.498.